The maximum atomic E-state index is 12.1. The van der Waals surface area contributed by atoms with Gasteiger partial charge in [0.25, 0.3) is 0 Å². The molecule has 3 aromatic rings. The Kier molecular flexibility index (Phi) is 5.33. The third kappa shape index (κ3) is 4.04. The minimum absolute atomic E-state index is 0.0703. The molecule has 0 aliphatic carbocycles. The number of halogens is 2. The lowest BCUT2D eigenvalue weighted by molar-refractivity contribution is -0.119. The molecule has 3 rings (SSSR count). The number of nitrogens with one attached hydrogen (secondary N) is 2. The minimum atomic E-state index is -0.150. The van der Waals surface area contributed by atoms with Crippen LogP contribution in [0.3, 0.4) is 0 Å². The first-order valence-electron chi connectivity index (χ1n) is 7.35. The number of hydrogen-bond donors (Lipinski definition) is 2. The van der Waals surface area contributed by atoms with Gasteiger partial charge in [-0.15, -0.1) is 0 Å². The van der Waals surface area contributed by atoms with Crippen LogP contribution in [0, 0.1) is 0 Å². The predicted molar refractivity (Wildman–Crippen MR) is 99.8 cm³/mol. The third-order valence-electron chi connectivity index (χ3n) is 3.53. The van der Waals surface area contributed by atoms with Crippen LogP contribution in [0.5, 0.6) is 0 Å². The number of carbonyl (C=O) groups is 1. The average molecular weight is 380 g/mol. The topological polar surface area (TPSA) is 57.8 Å². The first kappa shape index (κ1) is 17.1. The summed E-state index contributed by atoms with van der Waals surface area (Å²) in [7, 11) is 0. The number of nitrogens with zero attached hydrogens (tertiary/aromatic N) is 1. The summed E-state index contributed by atoms with van der Waals surface area (Å²) in [5, 5.41) is 4.65. The highest BCUT2D eigenvalue weighted by molar-refractivity contribution is 7.99. The predicted octanol–water partition coefficient (Wildman–Crippen LogP) is 4.84. The molecule has 4 nitrogen and oxygen atoms in total. The molecular weight excluding hydrogens is 365 g/mol. The fourth-order valence-corrected chi connectivity index (χ4v) is 3.28. The van der Waals surface area contributed by atoms with Crippen LogP contribution in [0.2, 0.25) is 10.0 Å². The molecule has 1 amide bonds. The quantitative estimate of drug-likeness (QED) is 0.623. The van der Waals surface area contributed by atoms with Crippen LogP contribution in [0.15, 0.2) is 47.6 Å². The number of hydrogen-bond acceptors (Lipinski definition) is 3. The molecule has 1 heterocycles. The number of aromatic amines is 1. The molecule has 0 spiro atoms. The molecule has 0 unspecified atom stereocenters. The fraction of sp³-hybridized carbons (Fsp3) is 0.176. The first-order valence-corrected chi connectivity index (χ1v) is 9.09. The van der Waals surface area contributed by atoms with Crippen LogP contribution in [-0.2, 0) is 4.79 Å². The molecule has 7 heteroatoms. The van der Waals surface area contributed by atoms with Crippen molar-refractivity contribution in [2.24, 2.45) is 0 Å². The van der Waals surface area contributed by atoms with Crippen molar-refractivity contribution in [3.05, 3.63) is 58.1 Å². The number of para-hydroxylation sites is 2. The van der Waals surface area contributed by atoms with Gasteiger partial charge in [-0.05, 0) is 36.8 Å². The Labute approximate surface area is 153 Å². The molecule has 24 heavy (non-hydrogen) atoms. The van der Waals surface area contributed by atoms with Crippen LogP contribution in [-0.4, -0.2) is 21.6 Å². The summed E-state index contributed by atoms with van der Waals surface area (Å²) in [6.07, 6.45) is 0. The standard InChI is InChI=1S/C17H15Cl2N3OS/c1-10(11-6-7-12(18)13(19)8-11)20-16(23)9-24-17-21-14-4-2-3-5-15(14)22-17/h2-8,10H,9H2,1H3,(H,20,23)(H,21,22)/t10-/m0/s1. The number of rotatable bonds is 5. The van der Waals surface area contributed by atoms with Gasteiger partial charge in [0, 0.05) is 0 Å². The molecule has 0 bridgehead atoms. The Bertz CT molecular complexity index is 848. The Hall–Kier alpha value is -1.69. The van der Waals surface area contributed by atoms with Gasteiger partial charge in [0.15, 0.2) is 5.16 Å². The summed E-state index contributed by atoms with van der Waals surface area (Å²) < 4.78 is 0. The molecule has 0 saturated heterocycles. The molecular formula is C17H15Cl2N3OS. The molecule has 2 aromatic carbocycles. The number of thioether (sulfide) groups is 1. The Morgan fingerprint density at radius 2 is 2.04 bits per heavy atom. The zero-order valence-electron chi connectivity index (χ0n) is 12.8. The first-order chi connectivity index (χ1) is 11.5. The van der Waals surface area contributed by atoms with Crippen molar-refractivity contribution in [2.75, 3.05) is 5.75 Å². The minimum Gasteiger partial charge on any atom is -0.349 e. The van der Waals surface area contributed by atoms with E-state index in [4.69, 9.17) is 23.2 Å². The van der Waals surface area contributed by atoms with Crippen molar-refractivity contribution in [2.45, 2.75) is 18.1 Å². The Morgan fingerprint density at radius 1 is 1.25 bits per heavy atom. The molecule has 1 aromatic heterocycles. The van der Waals surface area contributed by atoms with Crippen molar-refractivity contribution in [3.8, 4) is 0 Å². The van der Waals surface area contributed by atoms with Gasteiger partial charge in [-0.3, -0.25) is 4.79 Å². The molecule has 124 valence electrons. The Morgan fingerprint density at radius 3 is 2.79 bits per heavy atom. The molecule has 1 atom stereocenters. The number of H-pyrrole nitrogens is 1. The van der Waals surface area contributed by atoms with Crippen LogP contribution < -0.4 is 5.32 Å². The van der Waals surface area contributed by atoms with E-state index in [0.717, 1.165) is 21.8 Å². The van der Waals surface area contributed by atoms with E-state index in [1.165, 1.54) is 11.8 Å². The van der Waals surface area contributed by atoms with Gasteiger partial charge >= 0.3 is 0 Å². The van der Waals surface area contributed by atoms with E-state index in [2.05, 4.69) is 15.3 Å². The van der Waals surface area contributed by atoms with E-state index in [1.54, 1.807) is 12.1 Å². The fourth-order valence-electron chi connectivity index (χ4n) is 2.28. The molecule has 0 saturated carbocycles. The zero-order valence-corrected chi connectivity index (χ0v) is 15.2. The third-order valence-corrected chi connectivity index (χ3v) is 5.14. The summed E-state index contributed by atoms with van der Waals surface area (Å²) in [5.41, 5.74) is 2.76. The van der Waals surface area contributed by atoms with Crippen LogP contribution in [0.4, 0.5) is 0 Å². The number of imidazole rings is 1. The lowest BCUT2D eigenvalue weighted by Gasteiger charge is -2.14. The second kappa shape index (κ2) is 7.47. The van der Waals surface area contributed by atoms with Gasteiger partial charge < -0.3 is 10.3 Å². The van der Waals surface area contributed by atoms with Gasteiger partial charge in [0.2, 0.25) is 5.91 Å². The SMILES string of the molecule is C[C@H](NC(=O)CSc1nc2ccccc2[nH]1)c1ccc(Cl)c(Cl)c1. The smallest absolute Gasteiger partial charge is 0.230 e. The number of carbonyl (C=O) groups excluding carboxylic acids is 1. The average Bonchev–Trinajstić information content (AvgIpc) is 2.98. The van der Waals surface area contributed by atoms with E-state index in [1.807, 2.05) is 37.3 Å². The van der Waals surface area contributed by atoms with Gasteiger partial charge in [-0.25, -0.2) is 4.98 Å². The largest absolute Gasteiger partial charge is 0.349 e. The van der Waals surface area contributed by atoms with Gasteiger partial charge in [0.1, 0.15) is 0 Å². The number of aromatic nitrogens is 2. The number of benzene rings is 2. The van der Waals surface area contributed by atoms with Crippen molar-refractivity contribution in [3.63, 3.8) is 0 Å². The van der Waals surface area contributed by atoms with E-state index in [0.29, 0.717) is 10.0 Å². The lowest BCUT2D eigenvalue weighted by Crippen LogP contribution is -2.28. The highest BCUT2D eigenvalue weighted by Crippen LogP contribution is 2.25. The van der Waals surface area contributed by atoms with Gasteiger partial charge in [-0.2, -0.15) is 0 Å². The lowest BCUT2D eigenvalue weighted by atomic mass is 10.1. The molecule has 0 aliphatic rings. The van der Waals surface area contributed by atoms with Gasteiger partial charge in [0.05, 0.1) is 32.9 Å². The summed E-state index contributed by atoms with van der Waals surface area (Å²) in [6.45, 7) is 1.91. The summed E-state index contributed by atoms with van der Waals surface area (Å²) >= 11 is 13.3. The molecule has 0 aliphatic heterocycles. The maximum Gasteiger partial charge on any atom is 0.230 e. The molecule has 2 N–H and O–H groups in total. The summed E-state index contributed by atoms with van der Waals surface area (Å²) in [6, 6.07) is 13.0. The van der Waals surface area contributed by atoms with Crippen molar-refractivity contribution >= 4 is 51.9 Å². The number of fused-ring (bicyclic) bond motifs is 1. The van der Waals surface area contributed by atoms with Crippen LogP contribution in [0.25, 0.3) is 11.0 Å². The second-order valence-corrected chi connectivity index (χ2v) is 7.09. The van der Waals surface area contributed by atoms with Crippen molar-refractivity contribution < 1.29 is 4.79 Å². The maximum absolute atomic E-state index is 12.1. The summed E-state index contributed by atoms with van der Waals surface area (Å²) in [5.74, 6) is 0.213. The van der Waals surface area contributed by atoms with Crippen LogP contribution in [0.1, 0.15) is 18.5 Å². The molecule has 0 fully saturated rings. The van der Waals surface area contributed by atoms with Crippen molar-refractivity contribution in [1.29, 1.82) is 0 Å². The normalized spacial score (nSPS) is 12.3. The van der Waals surface area contributed by atoms with E-state index < -0.39 is 0 Å². The van der Waals surface area contributed by atoms with E-state index in [9.17, 15) is 4.79 Å². The molecule has 0 radical (unpaired) electrons. The van der Waals surface area contributed by atoms with E-state index in [-0.39, 0.29) is 17.7 Å². The summed E-state index contributed by atoms with van der Waals surface area (Å²) in [4.78, 5) is 19.8. The number of amides is 1. The monoisotopic (exact) mass is 379 g/mol. The van der Waals surface area contributed by atoms with Gasteiger partial charge in [-0.1, -0.05) is 53.2 Å². The highest BCUT2D eigenvalue weighted by atomic mass is 35.5. The van der Waals surface area contributed by atoms with Crippen molar-refractivity contribution in [1.82, 2.24) is 15.3 Å². The Balaban J connectivity index is 1.57. The zero-order chi connectivity index (χ0) is 17.1. The van der Waals surface area contributed by atoms with E-state index >= 15 is 0 Å². The van der Waals surface area contributed by atoms with Crippen LogP contribution >= 0.6 is 35.0 Å². The second-order valence-electron chi connectivity index (χ2n) is 5.31. The highest BCUT2D eigenvalue weighted by Gasteiger charge is 2.12.